The van der Waals surface area contributed by atoms with Crippen molar-refractivity contribution in [1.29, 1.82) is 0 Å². The van der Waals surface area contributed by atoms with Gasteiger partial charge in [-0.05, 0) is 39.5 Å². The Bertz CT molecular complexity index is 2190. The predicted octanol–water partition coefficient (Wildman–Crippen LogP) is 0.974. The van der Waals surface area contributed by atoms with Gasteiger partial charge >= 0.3 is 23.6 Å². The van der Waals surface area contributed by atoms with Crippen LogP contribution in [0.15, 0.2) is 33.7 Å². The summed E-state index contributed by atoms with van der Waals surface area (Å²) >= 11 is 0. The quantitative estimate of drug-likeness (QED) is 0.0345. The number of aromatic nitrogens is 2. The number of hydrogen-bond acceptors (Lipinski definition) is 24. The third kappa shape index (κ3) is 27.6. The molecule has 0 saturated carbocycles. The second-order valence-corrected chi connectivity index (χ2v) is 20.1. The van der Waals surface area contributed by atoms with Crippen LogP contribution in [-0.2, 0) is 95.0 Å². The third-order valence-electron chi connectivity index (χ3n) is 13.4. The molecule has 0 spiro atoms. The minimum atomic E-state index is -1.76. The molecule has 3 aliphatic rings. The summed E-state index contributed by atoms with van der Waals surface area (Å²) in [7, 11) is 1.34. The van der Waals surface area contributed by atoms with Gasteiger partial charge in [-0.1, -0.05) is 45.4 Å². The molecule has 3 aliphatic heterocycles. The van der Waals surface area contributed by atoms with Crippen molar-refractivity contribution in [2.45, 2.75) is 165 Å². The smallest absolute Gasteiger partial charge is 0.330 e. The number of methoxy groups -OCH3 is 1. The summed E-state index contributed by atoms with van der Waals surface area (Å²) in [5, 5.41) is 5.59. The molecule has 0 aromatic carbocycles. The first-order valence-corrected chi connectivity index (χ1v) is 29.5. The number of hydrogen-bond donors (Lipinski definition) is 5. The van der Waals surface area contributed by atoms with E-state index < -0.39 is 102 Å². The summed E-state index contributed by atoms with van der Waals surface area (Å²) in [6, 6.07) is 0.00703. The fraction of sp³-hybridized carbons (Fsp3) is 0.804. The fourth-order valence-corrected chi connectivity index (χ4v) is 9.07. The van der Waals surface area contributed by atoms with Crippen molar-refractivity contribution in [3.8, 4) is 0 Å². The van der Waals surface area contributed by atoms with Crippen molar-refractivity contribution < 1.29 is 95.0 Å². The van der Waals surface area contributed by atoms with Crippen molar-refractivity contribution in [2.75, 3.05) is 126 Å². The summed E-state index contributed by atoms with van der Waals surface area (Å²) < 4.78 is 88.1. The molecule has 28 heteroatoms. The summed E-state index contributed by atoms with van der Waals surface area (Å²) in [5.41, 5.74) is 9.29. The molecule has 2 fully saturated rings. The van der Waals surface area contributed by atoms with Gasteiger partial charge in [0, 0.05) is 51.0 Å². The molecular formula is C56H94N6O22. The maximum atomic E-state index is 14.2. The molecule has 2 saturated heterocycles. The maximum absolute atomic E-state index is 14.2. The Morgan fingerprint density at radius 2 is 1.18 bits per heavy atom. The van der Waals surface area contributed by atoms with Gasteiger partial charge in [-0.15, -0.1) is 0 Å². The zero-order valence-corrected chi connectivity index (χ0v) is 49.5. The number of esters is 3. The van der Waals surface area contributed by atoms with Gasteiger partial charge in [0.25, 0.3) is 11.5 Å². The zero-order chi connectivity index (χ0) is 60.7. The summed E-state index contributed by atoms with van der Waals surface area (Å²) in [6.45, 7) is 10.6. The van der Waals surface area contributed by atoms with Crippen LogP contribution in [-0.4, -0.2) is 220 Å². The summed E-state index contributed by atoms with van der Waals surface area (Å²) in [5.74, 6) is -3.97. The second-order valence-electron chi connectivity index (χ2n) is 20.1. The molecule has 1 aromatic heterocycles. The number of carbonyl (C=O) groups excluding carboxylic acids is 5. The Balaban J connectivity index is 1.55. The lowest BCUT2D eigenvalue weighted by Gasteiger charge is -2.38. The van der Waals surface area contributed by atoms with Gasteiger partial charge in [-0.25, -0.2) is 4.79 Å². The van der Waals surface area contributed by atoms with E-state index in [2.05, 4.69) is 22.5 Å². The molecule has 4 rings (SSSR count). The number of ether oxygens (including phenoxy) is 15. The van der Waals surface area contributed by atoms with E-state index in [1.165, 1.54) is 20.2 Å². The minimum Gasteiger partial charge on any atom is -0.455 e. The fourth-order valence-electron chi connectivity index (χ4n) is 9.07. The number of nitrogens with zero attached hydrogens (tertiary/aromatic N) is 1. The lowest BCUT2D eigenvalue weighted by atomic mass is 10.0. The van der Waals surface area contributed by atoms with Gasteiger partial charge in [-0.3, -0.25) is 38.3 Å². The SMILES string of the molecule is CCCCCCCCCC(=O)O[C@@H]1[C@H](OC)[C@@H]([C@H](C)OC2OC(C(=O)N[C@H]3CCC[C@@H](C)NC3=O)=C[C@H](OC(=O)CCOCCOCCOCCOCCN)[C@@H]2OC(=O)CCOCCOCCOCCOCCN)O[C@H]1n1ccc(=O)[nH]c1=O. The first-order valence-electron chi connectivity index (χ1n) is 29.5. The van der Waals surface area contributed by atoms with Gasteiger partial charge in [-0.2, -0.15) is 0 Å². The average Bonchev–Trinajstić information content (AvgIpc) is 3.18. The van der Waals surface area contributed by atoms with E-state index in [1.807, 2.05) is 6.92 Å². The van der Waals surface area contributed by atoms with Crippen molar-refractivity contribution in [3.63, 3.8) is 0 Å². The lowest BCUT2D eigenvalue weighted by Crippen LogP contribution is -2.53. The van der Waals surface area contributed by atoms with Gasteiger partial charge in [0.15, 0.2) is 24.2 Å². The number of nitrogens with one attached hydrogen (secondary N) is 3. The zero-order valence-electron chi connectivity index (χ0n) is 49.5. The van der Waals surface area contributed by atoms with Gasteiger partial charge < -0.3 is 93.2 Å². The molecule has 1 unspecified atom stereocenters. The number of carbonyl (C=O) groups is 5. The van der Waals surface area contributed by atoms with E-state index in [0.717, 1.165) is 55.2 Å². The molecule has 0 radical (unpaired) electrons. The number of nitrogens with two attached hydrogens (primary N) is 2. The van der Waals surface area contributed by atoms with Crippen LogP contribution in [0.25, 0.3) is 0 Å². The van der Waals surface area contributed by atoms with Crippen molar-refractivity contribution in [3.05, 3.63) is 44.9 Å². The van der Waals surface area contributed by atoms with E-state index in [4.69, 9.17) is 82.5 Å². The molecule has 7 N–H and O–H groups in total. The number of unbranched alkanes of at least 4 members (excludes halogenated alkanes) is 6. The van der Waals surface area contributed by atoms with E-state index >= 15 is 0 Å². The minimum absolute atomic E-state index is 0.0671. The molecule has 4 heterocycles. The van der Waals surface area contributed by atoms with E-state index in [9.17, 15) is 33.6 Å². The van der Waals surface area contributed by atoms with Crippen LogP contribution in [0.4, 0.5) is 0 Å². The highest BCUT2D eigenvalue weighted by molar-refractivity contribution is 5.96. The van der Waals surface area contributed by atoms with Crippen molar-refractivity contribution in [1.82, 2.24) is 20.2 Å². The largest absolute Gasteiger partial charge is 0.455 e. The number of amides is 2. The van der Waals surface area contributed by atoms with E-state index in [1.54, 1.807) is 0 Å². The summed E-state index contributed by atoms with van der Waals surface area (Å²) in [4.78, 5) is 96.2. The van der Waals surface area contributed by atoms with Gasteiger partial charge in [0.05, 0.1) is 125 Å². The molecule has 84 heavy (non-hydrogen) atoms. The molecule has 28 nitrogen and oxygen atoms in total. The Kier molecular flexibility index (Phi) is 36.4. The maximum Gasteiger partial charge on any atom is 0.330 e. The number of aromatic amines is 1. The van der Waals surface area contributed by atoms with Crippen molar-refractivity contribution in [2.24, 2.45) is 11.5 Å². The van der Waals surface area contributed by atoms with Crippen LogP contribution >= 0.6 is 0 Å². The second kappa shape index (κ2) is 42.8. The Morgan fingerprint density at radius 3 is 1.73 bits per heavy atom. The normalized spacial score (nSPS) is 22.8. The van der Waals surface area contributed by atoms with Crippen molar-refractivity contribution >= 4 is 29.7 Å². The molecule has 480 valence electrons. The number of rotatable bonds is 46. The van der Waals surface area contributed by atoms with E-state index in [-0.39, 0.29) is 64.9 Å². The molecule has 1 aromatic rings. The average molecular weight is 1200 g/mol. The predicted molar refractivity (Wildman–Crippen MR) is 299 cm³/mol. The Morgan fingerprint density at radius 1 is 0.667 bits per heavy atom. The monoisotopic (exact) mass is 1200 g/mol. The first-order chi connectivity index (χ1) is 40.8. The first kappa shape index (κ1) is 71.5. The van der Waals surface area contributed by atoms with Crippen LogP contribution in [0, 0.1) is 0 Å². The van der Waals surface area contributed by atoms with Crippen LogP contribution in [0.3, 0.4) is 0 Å². The Hall–Kier alpha value is -4.95. The standard InChI is InChI=1S/C56H94N6O22/c1-5-6-7-8-9-10-11-15-45(64)83-51-50(70-4)48(84-54(51)62-21-16-44(63)61-56(62)69)40(3)79-55-49(82-47(66)18-23-72-27-31-76-35-37-78-33-29-74-25-20-58)42(38-43(81-55)53(68)60-41-14-12-13-39(2)59-52(41)67)80-46(65)17-22-71-26-30-75-34-36-77-32-28-73-24-19-57/h16,21,38-42,48-51,54-55H,5-15,17-20,22-37,57-58H2,1-4H3,(H,59,67)(H,60,68)(H,61,63,69)/t39-,40+,41+,42+,48-,49+,50-,51-,54-,55?/m1/s1. The molecule has 0 bridgehead atoms. The summed E-state index contributed by atoms with van der Waals surface area (Å²) in [6.07, 6.45) is -0.995. The number of H-pyrrole nitrogens is 1. The highest BCUT2D eigenvalue weighted by atomic mass is 16.7. The van der Waals surface area contributed by atoms with Crippen LogP contribution < -0.4 is 33.3 Å². The third-order valence-corrected chi connectivity index (χ3v) is 13.4. The van der Waals surface area contributed by atoms with Gasteiger partial charge in [0.1, 0.15) is 18.2 Å². The topological polar surface area (TPSA) is 355 Å². The van der Waals surface area contributed by atoms with Crippen LogP contribution in [0.2, 0.25) is 0 Å². The molecular weight excluding hydrogens is 1110 g/mol. The molecule has 10 atom stereocenters. The van der Waals surface area contributed by atoms with E-state index in [0.29, 0.717) is 105 Å². The highest BCUT2D eigenvalue weighted by Crippen LogP contribution is 2.37. The molecule has 2 amide bonds. The highest BCUT2D eigenvalue weighted by Gasteiger charge is 2.53. The van der Waals surface area contributed by atoms with Crippen LogP contribution in [0.5, 0.6) is 0 Å². The lowest BCUT2D eigenvalue weighted by molar-refractivity contribution is -0.251. The van der Waals surface area contributed by atoms with Crippen LogP contribution in [0.1, 0.15) is 110 Å². The van der Waals surface area contributed by atoms with Gasteiger partial charge in [0.2, 0.25) is 18.3 Å². The Labute approximate surface area is 491 Å². The molecule has 0 aliphatic carbocycles.